The molecule has 3 rings (SSSR count). The topological polar surface area (TPSA) is 60.9 Å². The number of carbonyl (C=O) groups excluding carboxylic acids is 1. The molecule has 0 spiro atoms. The number of aryl methyl sites for hydroxylation is 1. The highest BCUT2D eigenvalue weighted by Gasteiger charge is 2.18. The Morgan fingerprint density at radius 2 is 1.83 bits per heavy atom. The Morgan fingerprint density at radius 1 is 1.07 bits per heavy atom. The van der Waals surface area contributed by atoms with Gasteiger partial charge in [-0.15, -0.1) is 0 Å². The first-order valence-electron chi connectivity index (χ1n) is 9.15. The minimum Gasteiger partial charge on any atom is -0.497 e. The van der Waals surface area contributed by atoms with Crippen molar-refractivity contribution in [2.24, 2.45) is 0 Å². The Bertz CT molecular complexity index is 1070. The average molecular weight is 416 g/mol. The molecular weight excluding hydrogens is 394 g/mol. The van der Waals surface area contributed by atoms with Crippen LogP contribution in [0.5, 0.6) is 17.2 Å². The van der Waals surface area contributed by atoms with Crippen LogP contribution in [0.25, 0.3) is 10.9 Å². The largest absolute Gasteiger partial charge is 0.497 e. The predicted molar refractivity (Wildman–Crippen MR) is 108 cm³/mol. The van der Waals surface area contributed by atoms with Gasteiger partial charge >= 0.3 is 6.61 Å². The number of methoxy groups -OCH3 is 2. The summed E-state index contributed by atoms with van der Waals surface area (Å²) in [5, 5.41) is 0.827. The van der Waals surface area contributed by atoms with E-state index < -0.39 is 6.61 Å². The second kappa shape index (κ2) is 8.94. The molecule has 0 N–H and O–H groups in total. The van der Waals surface area contributed by atoms with Crippen molar-refractivity contribution in [2.75, 3.05) is 21.3 Å². The van der Waals surface area contributed by atoms with Gasteiger partial charge in [0.25, 0.3) is 5.91 Å². The molecule has 8 heteroatoms. The number of benzene rings is 2. The molecule has 3 aromatic rings. The molecule has 30 heavy (non-hydrogen) atoms. The van der Waals surface area contributed by atoms with Crippen molar-refractivity contribution < 1.29 is 27.8 Å². The summed E-state index contributed by atoms with van der Waals surface area (Å²) >= 11 is 0. The van der Waals surface area contributed by atoms with Crippen LogP contribution < -0.4 is 14.2 Å². The summed E-state index contributed by atoms with van der Waals surface area (Å²) in [5.74, 6) is 0.602. The Morgan fingerprint density at radius 3 is 2.50 bits per heavy atom. The van der Waals surface area contributed by atoms with Crippen molar-refractivity contribution in [2.45, 2.75) is 20.1 Å². The van der Waals surface area contributed by atoms with Crippen LogP contribution in [0, 0.1) is 6.92 Å². The van der Waals surface area contributed by atoms with Crippen LogP contribution in [0.4, 0.5) is 8.78 Å². The smallest absolute Gasteiger partial charge is 0.387 e. The van der Waals surface area contributed by atoms with Gasteiger partial charge in [0.2, 0.25) is 0 Å². The van der Waals surface area contributed by atoms with Crippen molar-refractivity contribution in [1.29, 1.82) is 0 Å². The number of halogens is 2. The number of amides is 1. The van der Waals surface area contributed by atoms with E-state index in [4.69, 9.17) is 9.47 Å². The van der Waals surface area contributed by atoms with Crippen LogP contribution in [0.1, 0.15) is 21.6 Å². The molecule has 0 bridgehead atoms. The number of ether oxygens (including phenoxy) is 3. The number of fused-ring (bicyclic) bond motifs is 1. The zero-order valence-corrected chi connectivity index (χ0v) is 17.1. The highest BCUT2D eigenvalue weighted by molar-refractivity contribution is 5.98. The third-order valence-electron chi connectivity index (χ3n) is 4.66. The van der Waals surface area contributed by atoms with Crippen molar-refractivity contribution in [3.8, 4) is 17.2 Å². The second-order valence-electron chi connectivity index (χ2n) is 6.70. The molecule has 1 amide bonds. The molecule has 0 aliphatic rings. The zero-order chi connectivity index (χ0) is 21.8. The molecule has 1 heterocycles. The summed E-state index contributed by atoms with van der Waals surface area (Å²) in [4.78, 5) is 19.1. The van der Waals surface area contributed by atoms with Crippen LogP contribution in [-0.2, 0) is 6.54 Å². The van der Waals surface area contributed by atoms with Crippen LogP contribution in [0.15, 0.2) is 42.5 Å². The quantitative estimate of drug-likeness (QED) is 0.570. The van der Waals surface area contributed by atoms with Crippen LogP contribution >= 0.6 is 0 Å². The van der Waals surface area contributed by atoms with E-state index in [1.54, 1.807) is 39.3 Å². The van der Waals surface area contributed by atoms with E-state index in [1.807, 2.05) is 18.2 Å². The third-order valence-corrected chi connectivity index (χ3v) is 4.66. The fourth-order valence-corrected chi connectivity index (χ4v) is 3.14. The van der Waals surface area contributed by atoms with Crippen LogP contribution in [0.2, 0.25) is 0 Å². The predicted octanol–water partition coefficient (Wildman–Crippen LogP) is 4.43. The molecule has 0 aliphatic carbocycles. The van der Waals surface area contributed by atoms with Crippen LogP contribution in [0.3, 0.4) is 0 Å². The van der Waals surface area contributed by atoms with Gasteiger partial charge in [-0.3, -0.25) is 9.78 Å². The fraction of sp³-hybridized carbons (Fsp3) is 0.273. The molecule has 0 radical (unpaired) electrons. The third kappa shape index (κ3) is 4.59. The lowest BCUT2D eigenvalue weighted by Gasteiger charge is -2.19. The van der Waals surface area contributed by atoms with Gasteiger partial charge in [0.15, 0.2) is 11.5 Å². The van der Waals surface area contributed by atoms with Crippen molar-refractivity contribution in [3.63, 3.8) is 0 Å². The van der Waals surface area contributed by atoms with Crippen LogP contribution in [-0.4, -0.2) is 43.7 Å². The normalized spacial score (nSPS) is 10.9. The monoisotopic (exact) mass is 416 g/mol. The molecule has 0 atom stereocenters. The molecular formula is C22H22F2N2O4. The summed E-state index contributed by atoms with van der Waals surface area (Å²) in [7, 11) is 4.61. The van der Waals surface area contributed by atoms with E-state index in [2.05, 4.69) is 9.72 Å². The van der Waals surface area contributed by atoms with Gasteiger partial charge in [-0.25, -0.2) is 0 Å². The van der Waals surface area contributed by atoms with Gasteiger partial charge < -0.3 is 19.1 Å². The number of hydrogen-bond acceptors (Lipinski definition) is 5. The summed E-state index contributed by atoms with van der Waals surface area (Å²) in [6.45, 7) is -0.915. The van der Waals surface area contributed by atoms with Gasteiger partial charge in [0, 0.05) is 25.0 Å². The lowest BCUT2D eigenvalue weighted by atomic mass is 10.1. The SMILES string of the molecule is COc1ccc2cc(C(=O)N(C)Cc3ccc(OC(F)F)c(OC)c3)c(C)nc2c1. The minimum absolute atomic E-state index is 0.0600. The Kier molecular flexibility index (Phi) is 6.34. The van der Waals surface area contributed by atoms with E-state index in [9.17, 15) is 13.6 Å². The van der Waals surface area contributed by atoms with E-state index in [-0.39, 0.29) is 24.0 Å². The maximum atomic E-state index is 13.0. The van der Waals surface area contributed by atoms with Crippen molar-refractivity contribution >= 4 is 16.8 Å². The summed E-state index contributed by atoms with van der Waals surface area (Å²) < 4.78 is 39.7. The Hall–Kier alpha value is -3.42. The van der Waals surface area contributed by atoms with E-state index in [0.29, 0.717) is 22.6 Å². The van der Waals surface area contributed by atoms with E-state index >= 15 is 0 Å². The molecule has 6 nitrogen and oxygen atoms in total. The van der Waals surface area contributed by atoms with E-state index in [0.717, 1.165) is 10.9 Å². The molecule has 2 aromatic carbocycles. The number of rotatable bonds is 7. The Balaban J connectivity index is 1.82. The summed E-state index contributed by atoms with van der Waals surface area (Å²) in [6.07, 6.45) is 0. The number of nitrogens with zero attached hydrogens (tertiary/aromatic N) is 2. The number of alkyl halides is 2. The molecule has 0 aliphatic heterocycles. The number of pyridine rings is 1. The number of carbonyl (C=O) groups is 1. The number of hydrogen-bond donors (Lipinski definition) is 0. The molecule has 0 saturated heterocycles. The second-order valence-corrected chi connectivity index (χ2v) is 6.70. The van der Waals surface area contributed by atoms with Gasteiger partial charge in [-0.2, -0.15) is 8.78 Å². The Labute approximate surface area is 173 Å². The first kappa shape index (κ1) is 21.3. The molecule has 0 unspecified atom stereocenters. The molecule has 158 valence electrons. The number of aromatic nitrogens is 1. The lowest BCUT2D eigenvalue weighted by Crippen LogP contribution is -2.27. The minimum atomic E-state index is -2.95. The zero-order valence-electron chi connectivity index (χ0n) is 17.1. The average Bonchev–Trinajstić information content (AvgIpc) is 2.72. The summed E-state index contributed by atoms with van der Waals surface area (Å²) in [5.41, 5.74) is 2.54. The first-order valence-corrected chi connectivity index (χ1v) is 9.15. The van der Waals surface area contributed by atoms with Gasteiger partial charge in [0.1, 0.15) is 5.75 Å². The summed E-state index contributed by atoms with van der Waals surface area (Å²) in [6, 6.07) is 11.9. The highest BCUT2D eigenvalue weighted by atomic mass is 19.3. The fourth-order valence-electron chi connectivity index (χ4n) is 3.14. The lowest BCUT2D eigenvalue weighted by molar-refractivity contribution is -0.0512. The molecule has 0 saturated carbocycles. The van der Waals surface area contributed by atoms with E-state index in [1.165, 1.54) is 18.1 Å². The van der Waals surface area contributed by atoms with Crippen molar-refractivity contribution in [3.05, 3.63) is 59.3 Å². The standard InChI is InChI=1S/C22H22F2N2O4/c1-13-17(10-15-6-7-16(28-3)11-18(15)25-13)21(27)26(2)12-14-5-8-19(30-22(23)24)20(9-14)29-4/h5-11,22H,12H2,1-4H3. The maximum Gasteiger partial charge on any atom is 0.387 e. The molecule has 0 fully saturated rings. The maximum absolute atomic E-state index is 13.0. The highest BCUT2D eigenvalue weighted by Crippen LogP contribution is 2.30. The molecule has 1 aromatic heterocycles. The van der Waals surface area contributed by atoms with Crippen molar-refractivity contribution in [1.82, 2.24) is 9.88 Å². The van der Waals surface area contributed by atoms with Gasteiger partial charge in [-0.1, -0.05) is 6.07 Å². The first-order chi connectivity index (χ1) is 14.3. The van der Waals surface area contributed by atoms with Gasteiger partial charge in [0.05, 0.1) is 31.0 Å². The van der Waals surface area contributed by atoms with Gasteiger partial charge in [-0.05, 0) is 42.8 Å².